The lowest BCUT2D eigenvalue weighted by atomic mass is 9.85. The van der Waals surface area contributed by atoms with Crippen molar-refractivity contribution in [3.8, 4) is 0 Å². The number of imide groups is 1. The minimum atomic E-state index is -0.878. The average molecular weight is 567 g/mol. The van der Waals surface area contributed by atoms with E-state index in [1.54, 1.807) is 83.9 Å². The molecule has 3 heterocycles. The number of rotatable bonds is 5. The smallest absolute Gasteiger partial charge is 0.240 e. The summed E-state index contributed by atoms with van der Waals surface area (Å²) < 4.78 is 0.832. The van der Waals surface area contributed by atoms with Crippen LogP contribution in [-0.4, -0.2) is 40.4 Å². The number of ketones is 2. The zero-order chi connectivity index (χ0) is 26.6. The predicted molar refractivity (Wildman–Crippen MR) is 147 cm³/mol. The SMILES string of the molecule is Cc1ccc(N2C(=O)C3C(C2=O)C(C(=O)c2ccc(Br)cc2)N2C=CC(C(=O)c4ccccc4)=CC32)cc1. The number of aryl methyl sites for hydroxylation is 1. The first-order valence-corrected chi connectivity index (χ1v) is 13.2. The van der Waals surface area contributed by atoms with Gasteiger partial charge in [0, 0.05) is 27.4 Å². The Labute approximate surface area is 228 Å². The molecule has 0 spiro atoms. The second-order valence-electron chi connectivity index (χ2n) is 9.79. The van der Waals surface area contributed by atoms with Crippen LogP contribution in [-0.2, 0) is 9.59 Å². The third-order valence-electron chi connectivity index (χ3n) is 7.54. The summed E-state index contributed by atoms with van der Waals surface area (Å²) in [6.07, 6.45) is 5.10. The van der Waals surface area contributed by atoms with Crippen molar-refractivity contribution in [1.82, 2.24) is 4.90 Å². The Balaban J connectivity index is 1.43. The van der Waals surface area contributed by atoms with Crippen LogP contribution < -0.4 is 4.90 Å². The van der Waals surface area contributed by atoms with Gasteiger partial charge in [0.1, 0.15) is 6.04 Å². The van der Waals surface area contributed by atoms with Crippen molar-refractivity contribution < 1.29 is 19.2 Å². The maximum absolute atomic E-state index is 13.9. The zero-order valence-corrected chi connectivity index (χ0v) is 22.0. The fourth-order valence-electron chi connectivity index (χ4n) is 5.69. The molecule has 0 aliphatic carbocycles. The topological polar surface area (TPSA) is 74.8 Å². The number of amides is 2. The van der Waals surface area contributed by atoms with Crippen LogP contribution in [0.3, 0.4) is 0 Å². The van der Waals surface area contributed by atoms with Crippen molar-refractivity contribution in [2.75, 3.05) is 4.90 Å². The van der Waals surface area contributed by atoms with Gasteiger partial charge < -0.3 is 4.90 Å². The maximum atomic E-state index is 13.9. The minimum Gasteiger partial charge on any atom is -0.359 e. The summed E-state index contributed by atoms with van der Waals surface area (Å²) in [5, 5.41) is 0. The van der Waals surface area contributed by atoms with E-state index in [0.29, 0.717) is 22.4 Å². The normalized spacial score (nSPS) is 23.8. The van der Waals surface area contributed by atoms with Crippen LogP contribution in [0.5, 0.6) is 0 Å². The molecule has 188 valence electrons. The van der Waals surface area contributed by atoms with Gasteiger partial charge in [-0.15, -0.1) is 0 Å². The number of Topliss-reactive ketones (excluding diaryl/α,β-unsaturated/α-hetero) is 2. The molecule has 0 saturated carbocycles. The van der Waals surface area contributed by atoms with Crippen molar-refractivity contribution in [3.05, 3.63) is 124 Å². The molecule has 38 heavy (non-hydrogen) atoms. The van der Waals surface area contributed by atoms with Crippen molar-refractivity contribution in [1.29, 1.82) is 0 Å². The van der Waals surface area contributed by atoms with Gasteiger partial charge in [-0.2, -0.15) is 0 Å². The van der Waals surface area contributed by atoms with Crippen molar-refractivity contribution >= 4 is 45.0 Å². The van der Waals surface area contributed by atoms with Crippen LogP contribution in [0.15, 0.2) is 107 Å². The number of nitrogens with zero attached hydrogens (tertiary/aromatic N) is 2. The van der Waals surface area contributed by atoms with E-state index in [2.05, 4.69) is 15.9 Å². The van der Waals surface area contributed by atoms with E-state index in [0.717, 1.165) is 10.0 Å². The Bertz CT molecular complexity index is 1530. The monoisotopic (exact) mass is 566 g/mol. The molecule has 4 atom stereocenters. The molecule has 2 fully saturated rings. The lowest BCUT2D eigenvalue weighted by Crippen LogP contribution is -2.46. The van der Waals surface area contributed by atoms with Gasteiger partial charge >= 0.3 is 0 Å². The summed E-state index contributed by atoms with van der Waals surface area (Å²) in [6, 6.07) is 21.6. The molecule has 3 aliphatic rings. The van der Waals surface area contributed by atoms with Gasteiger partial charge in [-0.3, -0.25) is 19.2 Å². The molecule has 0 aromatic heterocycles. The highest BCUT2D eigenvalue weighted by Gasteiger charge is 2.63. The third-order valence-corrected chi connectivity index (χ3v) is 8.06. The van der Waals surface area contributed by atoms with E-state index < -0.39 is 29.8 Å². The van der Waals surface area contributed by atoms with Crippen LogP contribution in [0.4, 0.5) is 5.69 Å². The molecule has 4 unspecified atom stereocenters. The van der Waals surface area contributed by atoms with E-state index in [9.17, 15) is 19.2 Å². The molecule has 3 aromatic rings. The molecule has 3 aliphatic heterocycles. The average Bonchev–Trinajstić information content (AvgIpc) is 3.41. The number of carbonyl (C=O) groups excluding carboxylic acids is 4. The van der Waals surface area contributed by atoms with Gasteiger partial charge in [-0.05, 0) is 37.3 Å². The van der Waals surface area contributed by atoms with Gasteiger partial charge in [0.2, 0.25) is 11.8 Å². The largest absolute Gasteiger partial charge is 0.359 e. The first kappa shape index (κ1) is 24.2. The molecule has 2 saturated heterocycles. The number of fused-ring (bicyclic) bond motifs is 3. The standard InChI is InChI=1S/C31H23BrN2O4/c1-18-7-13-23(14-8-18)34-30(37)25-24-17-21(28(35)19-5-3-2-4-6-19)15-16-33(24)27(26(25)31(34)38)29(36)20-9-11-22(32)12-10-20/h2-17,24-27H,1H3. The summed E-state index contributed by atoms with van der Waals surface area (Å²) >= 11 is 3.40. The van der Waals surface area contributed by atoms with Crippen molar-refractivity contribution in [2.24, 2.45) is 11.8 Å². The zero-order valence-electron chi connectivity index (χ0n) is 20.5. The Morgan fingerprint density at radius 3 is 2.13 bits per heavy atom. The van der Waals surface area contributed by atoms with Gasteiger partial charge in [-0.1, -0.05) is 82.2 Å². The molecule has 6 nitrogen and oxygen atoms in total. The van der Waals surface area contributed by atoms with E-state index in [1.165, 1.54) is 4.90 Å². The number of benzene rings is 3. The fourth-order valence-corrected chi connectivity index (χ4v) is 5.95. The van der Waals surface area contributed by atoms with E-state index in [4.69, 9.17) is 0 Å². The summed E-state index contributed by atoms with van der Waals surface area (Å²) in [5.41, 5.74) is 2.91. The fraction of sp³-hybridized carbons (Fsp3) is 0.161. The molecule has 0 bridgehead atoms. The van der Waals surface area contributed by atoms with Gasteiger partial charge in [0.25, 0.3) is 0 Å². The summed E-state index contributed by atoms with van der Waals surface area (Å²) in [6.45, 7) is 1.93. The number of hydrogen-bond donors (Lipinski definition) is 0. The minimum absolute atomic E-state index is 0.173. The summed E-state index contributed by atoms with van der Waals surface area (Å²) in [7, 11) is 0. The second kappa shape index (κ2) is 9.33. The summed E-state index contributed by atoms with van der Waals surface area (Å²) in [5.74, 6) is -2.84. The molecular formula is C31H23BrN2O4. The highest BCUT2D eigenvalue weighted by atomic mass is 79.9. The van der Waals surface area contributed by atoms with Crippen LogP contribution in [0, 0.1) is 18.8 Å². The van der Waals surface area contributed by atoms with Gasteiger partial charge in [0.05, 0.1) is 23.6 Å². The molecule has 3 aromatic carbocycles. The first-order valence-electron chi connectivity index (χ1n) is 12.4. The Morgan fingerprint density at radius 1 is 0.789 bits per heavy atom. The summed E-state index contributed by atoms with van der Waals surface area (Å²) in [4.78, 5) is 57.8. The molecule has 2 amide bonds. The molecule has 0 N–H and O–H groups in total. The first-order chi connectivity index (χ1) is 18.3. The Morgan fingerprint density at radius 2 is 1.45 bits per heavy atom. The lowest BCUT2D eigenvalue weighted by molar-refractivity contribution is -0.123. The van der Waals surface area contributed by atoms with Crippen molar-refractivity contribution in [2.45, 2.75) is 19.0 Å². The maximum Gasteiger partial charge on any atom is 0.240 e. The number of allylic oxidation sites excluding steroid dienone is 2. The van der Waals surface area contributed by atoms with Gasteiger partial charge in [-0.25, -0.2) is 4.90 Å². The number of anilines is 1. The number of carbonyl (C=O) groups is 4. The molecule has 0 radical (unpaired) electrons. The second-order valence-corrected chi connectivity index (χ2v) is 10.7. The van der Waals surface area contributed by atoms with Crippen molar-refractivity contribution in [3.63, 3.8) is 0 Å². The highest BCUT2D eigenvalue weighted by Crippen LogP contribution is 2.47. The van der Waals surface area contributed by atoms with E-state index in [-0.39, 0.29) is 17.5 Å². The van der Waals surface area contributed by atoms with Gasteiger partial charge in [0.15, 0.2) is 11.6 Å². The van der Waals surface area contributed by atoms with E-state index in [1.807, 2.05) is 25.1 Å². The predicted octanol–water partition coefficient (Wildman–Crippen LogP) is 5.14. The van der Waals surface area contributed by atoms with Crippen LogP contribution in [0.25, 0.3) is 0 Å². The molecule has 7 heteroatoms. The Kier molecular flexibility index (Phi) is 5.95. The quantitative estimate of drug-likeness (QED) is 0.316. The Hall–Kier alpha value is -4.10. The molecule has 6 rings (SSSR count). The van der Waals surface area contributed by atoms with Crippen LogP contribution >= 0.6 is 15.9 Å². The van der Waals surface area contributed by atoms with E-state index >= 15 is 0 Å². The highest BCUT2D eigenvalue weighted by molar-refractivity contribution is 9.10. The number of hydrogen-bond acceptors (Lipinski definition) is 5. The lowest BCUT2D eigenvalue weighted by Gasteiger charge is -2.32. The number of halogens is 1. The van der Waals surface area contributed by atoms with Crippen LogP contribution in [0.1, 0.15) is 26.3 Å². The third kappa shape index (κ3) is 3.85. The van der Waals surface area contributed by atoms with Crippen LogP contribution in [0.2, 0.25) is 0 Å². The molecular weight excluding hydrogens is 544 g/mol.